The molecule has 0 amide bonds. The number of benzene rings is 1. The molecule has 1 aromatic carbocycles. The zero-order valence-corrected chi connectivity index (χ0v) is 19.2. The number of para-hydroxylation sites is 1. The maximum atomic E-state index is 13.1. The summed E-state index contributed by atoms with van der Waals surface area (Å²) in [7, 11) is 2.89. The van der Waals surface area contributed by atoms with Crippen molar-refractivity contribution in [2.45, 2.75) is 12.6 Å². The van der Waals surface area contributed by atoms with Gasteiger partial charge in [0, 0.05) is 12.2 Å². The van der Waals surface area contributed by atoms with Crippen LogP contribution in [0.25, 0.3) is 17.3 Å². The summed E-state index contributed by atoms with van der Waals surface area (Å²) in [4.78, 5) is 7.80. The van der Waals surface area contributed by atoms with Crippen LogP contribution in [0.4, 0.5) is 23.5 Å². The number of rotatable bonds is 9. The van der Waals surface area contributed by atoms with Gasteiger partial charge < -0.3 is 13.9 Å². The van der Waals surface area contributed by atoms with E-state index in [1.807, 2.05) is 0 Å². The summed E-state index contributed by atoms with van der Waals surface area (Å²) in [5, 5.41) is 8.15. The topological polar surface area (TPSA) is 100 Å². The predicted molar refractivity (Wildman–Crippen MR) is 119 cm³/mol. The molecule has 0 bridgehead atoms. The monoisotopic (exact) mass is 510 g/mol. The highest BCUT2D eigenvalue weighted by molar-refractivity contribution is 8.00. The van der Waals surface area contributed by atoms with E-state index in [9.17, 15) is 17.6 Å². The maximum absolute atomic E-state index is 13.1. The van der Waals surface area contributed by atoms with Gasteiger partial charge in [0.25, 0.3) is 0 Å². The van der Waals surface area contributed by atoms with Gasteiger partial charge >= 0.3 is 6.18 Å². The standard InChI is InChI=1S/C21H18F4N6O3S/c1-32-13-4-3-5-14(33-2)18(13)31-19(15-6-7-16(34-15)21(23,24)25)28-29-20(31)30-35-9-8-17-26-10-12(22)11-27-17/h3-7,10-11H,8-9H2,1-2H3,(H,29,30). The van der Waals surface area contributed by atoms with E-state index in [1.165, 1.54) is 30.7 Å². The van der Waals surface area contributed by atoms with Gasteiger partial charge in [0.1, 0.15) is 23.0 Å². The lowest BCUT2D eigenvalue weighted by Crippen LogP contribution is -2.07. The zero-order chi connectivity index (χ0) is 25.0. The van der Waals surface area contributed by atoms with Crippen LogP contribution in [0.3, 0.4) is 0 Å². The van der Waals surface area contributed by atoms with Crippen molar-refractivity contribution < 1.29 is 31.5 Å². The number of nitrogens with one attached hydrogen (secondary N) is 1. The Morgan fingerprint density at radius 2 is 1.71 bits per heavy atom. The van der Waals surface area contributed by atoms with Gasteiger partial charge in [0.15, 0.2) is 11.6 Å². The van der Waals surface area contributed by atoms with Crippen LogP contribution in [0.15, 0.2) is 47.1 Å². The third kappa shape index (κ3) is 5.31. The van der Waals surface area contributed by atoms with Gasteiger partial charge in [-0.3, -0.25) is 9.29 Å². The fourth-order valence-corrected chi connectivity index (χ4v) is 3.76. The van der Waals surface area contributed by atoms with Crippen molar-refractivity contribution in [3.63, 3.8) is 0 Å². The van der Waals surface area contributed by atoms with Crippen molar-refractivity contribution >= 4 is 17.9 Å². The first kappa shape index (κ1) is 24.3. The molecule has 0 aliphatic heterocycles. The van der Waals surface area contributed by atoms with Crippen molar-refractivity contribution in [3.8, 4) is 28.8 Å². The molecule has 35 heavy (non-hydrogen) atoms. The molecule has 1 N–H and O–H groups in total. The van der Waals surface area contributed by atoms with Gasteiger partial charge in [-0.15, -0.1) is 10.2 Å². The molecule has 0 radical (unpaired) electrons. The molecular formula is C21H18F4N6O3S. The zero-order valence-electron chi connectivity index (χ0n) is 18.3. The van der Waals surface area contributed by atoms with Crippen LogP contribution >= 0.6 is 11.9 Å². The highest BCUT2D eigenvalue weighted by Crippen LogP contribution is 2.39. The molecule has 0 unspecified atom stereocenters. The first-order valence-corrected chi connectivity index (χ1v) is 11.0. The number of anilines is 1. The number of alkyl halides is 3. The molecule has 0 saturated carbocycles. The number of methoxy groups -OCH3 is 2. The number of hydrogen-bond donors (Lipinski definition) is 1. The van der Waals surface area contributed by atoms with Crippen LogP contribution in [-0.2, 0) is 12.6 Å². The Bertz CT molecular complexity index is 1270. The summed E-state index contributed by atoms with van der Waals surface area (Å²) in [6.45, 7) is 0. The summed E-state index contributed by atoms with van der Waals surface area (Å²) in [5.74, 6) is -0.0436. The maximum Gasteiger partial charge on any atom is 0.449 e. The summed E-state index contributed by atoms with van der Waals surface area (Å²) < 4.78 is 72.8. The normalized spacial score (nSPS) is 11.5. The second-order valence-electron chi connectivity index (χ2n) is 6.87. The van der Waals surface area contributed by atoms with E-state index in [0.717, 1.165) is 24.5 Å². The van der Waals surface area contributed by atoms with Gasteiger partial charge in [0.05, 0.1) is 26.6 Å². The molecule has 4 aromatic rings. The quantitative estimate of drug-likeness (QED) is 0.193. The van der Waals surface area contributed by atoms with Crippen LogP contribution < -0.4 is 14.2 Å². The van der Waals surface area contributed by atoms with E-state index in [2.05, 4.69) is 24.9 Å². The third-order valence-electron chi connectivity index (χ3n) is 4.66. The predicted octanol–water partition coefficient (Wildman–Crippen LogP) is 4.80. The number of aromatic nitrogens is 5. The Hall–Kier alpha value is -3.81. The molecule has 0 aliphatic carbocycles. The molecule has 4 rings (SSSR count). The number of ether oxygens (including phenoxy) is 2. The molecule has 0 saturated heterocycles. The lowest BCUT2D eigenvalue weighted by atomic mass is 10.2. The fraction of sp³-hybridized carbons (Fsp3) is 0.238. The minimum absolute atomic E-state index is 0.00623. The number of nitrogens with zero attached hydrogens (tertiary/aromatic N) is 5. The van der Waals surface area contributed by atoms with Gasteiger partial charge in [-0.2, -0.15) is 13.2 Å². The van der Waals surface area contributed by atoms with Crippen LogP contribution in [0, 0.1) is 5.82 Å². The smallest absolute Gasteiger partial charge is 0.449 e. The molecule has 0 atom stereocenters. The highest BCUT2D eigenvalue weighted by atomic mass is 32.2. The van der Waals surface area contributed by atoms with Crippen LogP contribution in [0.2, 0.25) is 0 Å². The van der Waals surface area contributed by atoms with Crippen molar-refractivity contribution in [2.24, 2.45) is 0 Å². The van der Waals surface area contributed by atoms with Crippen LogP contribution in [0.5, 0.6) is 11.5 Å². The van der Waals surface area contributed by atoms with Crippen molar-refractivity contribution in [2.75, 3.05) is 24.7 Å². The lowest BCUT2D eigenvalue weighted by Gasteiger charge is -2.17. The molecule has 0 fully saturated rings. The number of halogens is 4. The van der Waals surface area contributed by atoms with Crippen molar-refractivity contribution in [1.29, 1.82) is 0 Å². The number of hydrogen-bond acceptors (Lipinski definition) is 9. The fourth-order valence-electron chi connectivity index (χ4n) is 3.11. The van der Waals surface area contributed by atoms with Gasteiger partial charge in [-0.05, 0) is 36.2 Å². The summed E-state index contributed by atoms with van der Waals surface area (Å²) in [5.41, 5.74) is 0.354. The summed E-state index contributed by atoms with van der Waals surface area (Å²) in [6, 6.07) is 7.00. The second-order valence-corrected chi connectivity index (χ2v) is 7.77. The lowest BCUT2D eigenvalue weighted by molar-refractivity contribution is -0.152. The molecule has 0 spiro atoms. The minimum atomic E-state index is -4.66. The van der Waals surface area contributed by atoms with E-state index in [1.54, 1.807) is 18.2 Å². The molecule has 14 heteroatoms. The van der Waals surface area contributed by atoms with Crippen LogP contribution in [-0.4, -0.2) is 44.7 Å². The Morgan fingerprint density at radius 3 is 2.31 bits per heavy atom. The Morgan fingerprint density at radius 1 is 1.03 bits per heavy atom. The third-order valence-corrected chi connectivity index (χ3v) is 5.39. The van der Waals surface area contributed by atoms with Gasteiger partial charge in [-0.1, -0.05) is 6.07 Å². The van der Waals surface area contributed by atoms with Gasteiger partial charge in [-0.25, -0.2) is 14.4 Å². The molecular weight excluding hydrogens is 492 g/mol. The van der Waals surface area contributed by atoms with Crippen molar-refractivity contribution in [1.82, 2.24) is 24.7 Å². The molecule has 9 nitrogen and oxygen atoms in total. The summed E-state index contributed by atoms with van der Waals surface area (Å²) >= 11 is 1.22. The van der Waals surface area contributed by atoms with E-state index >= 15 is 0 Å². The van der Waals surface area contributed by atoms with Gasteiger partial charge in [0.2, 0.25) is 17.5 Å². The Labute approximate surface area is 200 Å². The Balaban J connectivity index is 1.68. The highest BCUT2D eigenvalue weighted by Gasteiger charge is 2.36. The summed E-state index contributed by atoms with van der Waals surface area (Å²) in [6.07, 6.45) is -2.08. The molecule has 0 aliphatic rings. The van der Waals surface area contributed by atoms with E-state index < -0.39 is 17.8 Å². The minimum Gasteiger partial charge on any atom is -0.494 e. The molecule has 3 aromatic heterocycles. The average Bonchev–Trinajstić information content (AvgIpc) is 3.49. The first-order chi connectivity index (χ1) is 16.8. The second kappa shape index (κ2) is 10.2. The number of aryl methyl sites for hydroxylation is 1. The SMILES string of the molecule is COc1cccc(OC)c1-n1c(NSCCc2ncc(F)cn2)nnc1-c1ccc(C(F)(F)F)o1. The average molecular weight is 510 g/mol. The van der Waals surface area contributed by atoms with Crippen molar-refractivity contribution in [3.05, 3.63) is 60.1 Å². The molecule has 3 heterocycles. The number of furan rings is 1. The molecule has 184 valence electrons. The van der Waals surface area contributed by atoms with E-state index in [0.29, 0.717) is 35.2 Å². The first-order valence-electron chi connectivity index (χ1n) is 10.00. The van der Waals surface area contributed by atoms with E-state index in [4.69, 9.17) is 13.9 Å². The Kier molecular flexibility index (Phi) is 7.10. The largest absolute Gasteiger partial charge is 0.494 e. The van der Waals surface area contributed by atoms with E-state index in [-0.39, 0.29) is 17.5 Å². The van der Waals surface area contributed by atoms with Crippen LogP contribution in [0.1, 0.15) is 11.6 Å².